The van der Waals surface area contributed by atoms with Crippen LogP contribution in [0.5, 0.6) is 5.88 Å². The lowest BCUT2D eigenvalue weighted by atomic mass is 9.91. The number of rotatable bonds is 5. The predicted molar refractivity (Wildman–Crippen MR) is 208 cm³/mol. The maximum absolute atomic E-state index is 13.1. The summed E-state index contributed by atoms with van der Waals surface area (Å²) < 4.78 is 8.10. The standard InChI is InChI=1S/C31H27Cl2N5O3.C6H10N2O.C2H6/c1-16-14-24-25(30(39)38(3)31(40)37(24)2)28(34-16)35-22-13-7-11-20(27(22)33)19-10-6-12-21(26(19)32)23-15-17-8-5-9-18(17)29(36-23)41-4;9-5-1-2-6(8-5)3-7-4-6;1-2/h6-7,10-15H,5,8-9H2,1-4H3,(H,34,35);7H,1-4H2,(H,8,9);1-2H3. The highest BCUT2D eigenvalue weighted by atomic mass is 35.5. The molecule has 2 aliphatic heterocycles. The lowest BCUT2D eigenvalue weighted by Crippen LogP contribution is -2.65. The summed E-state index contributed by atoms with van der Waals surface area (Å²) in [5.41, 5.74) is 6.35. The topological polar surface area (TPSA) is 132 Å². The fraction of sp³-hybridized carbons (Fsp3) is 0.359. The van der Waals surface area contributed by atoms with Gasteiger partial charge in [0.25, 0.3) is 5.56 Å². The summed E-state index contributed by atoms with van der Waals surface area (Å²) in [6.07, 6.45) is 4.77. The zero-order valence-electron chi connectivity index (χ0n) is 30.2. The summed E-state index contributed by atoms with van der Waals surface area (Å²) in [7, 11) is 4.71. The first-order valence-electron chi connectivity index (χ1n) is 17.5. The number of aryl methyl sites for hydroxylation is 3. The molecule has 11 nitrogen and oxygen atoms in total. The molecule has 3 aliphatic rings. The van der Waals surface area contributed by atoms with Crippen LogP contribution < -0.4 is 31.9 Å². The molecule has 52 heavy (non-hydrogen) atoms. The van der Waals surface area contributed by atoms with Gasteiger partial charge in [-0.1, -0.05) is 67.4 Å². The molecular formula is C39H43Cl2N7O4. The minimum Gasteiger partial charge on any atom is -0.481 e. The number of methoxy groups -OCH3 is 1. The predicted octanol–water partition coefficient (Wildman–Crippen LogP) is 6.48. The molecule has 0 bridgehead atoms. The molecule has 2 saturated heterocycles. The molecule has 0 atom stereocenters. The van der Waals surface area contributed by atoms with Crippen LogP contribution in [0.15, 0.2) is 58.1 Å². The number of ether oxygens (including phenoxy) is 1. The number of anilines is 2. The average Bonchev–Trinajstić information content (AvgIpc) is 3.79. The van der Waals surface area contributed by atoms with Crippen molar-refractivity contribution in [1.82, 2.24) is 29.7 Å². The molecule has 0 unspecified atom stereocenters. The molecule has 0 radical (unpaired) electrons. The number of hydrogen-bond donors (Lipinski definition) is 3. The van der Waals surface area contributed by atoms with Crippen molar-refractivity contribution in [2.75, 3.05) is 25.5 Å². The first-order chi connectivity index (χ1) is 25.0. The second-order valence-corrected chi connectivity index (χ2v) is 13.9. The number of fused-ring (bicyclic) bond motifs is 2. The lowest BCUT2D eigenvalue weighted by molar-refractivity contribution is -0.120. The molecule has 1 amide bonds. The van der Waals surface area contributed by atoms with Crippen molar-refractivity contribution < 1.29 is 9.53 Å². The fourth-order valence-electron chi connectivity index (χ4n) is 7.02. The van der Waals surface area contributed by atoms with Gasteiger partial charge >= 0.3 is 5.69 Å². The molecule has 2 aromatic carbocycles. The minimum atomic E-state index is -0.446. The average molecular weight is 745 g/mol. The van der Waals surface area contributed by atoms with Crippen molar-refractivity contribution in [2.45, 2.75) is 58.4 Å². The van der Waals surface area contributed by atoms with Gasteiger partial charge in [0.2, 0.25) is 11.8 Å². The number of hydrogen-bond acceptors (Lipinski definition) is 8. The van der Waals surface area contributed by atoms with E-state index in [1.54, 1.807) is 33.2 Å². The summed E-state index contributed by atoms with van der Waals surface area (Å²) in [4.78, 5) is 45.7. The highest BCUT2D eigenvalue weighted by molar-refractivity contribution is 6.39. The van der Waals surface area contributed by atoms with Crippen molar-refractivity contribution in [1.29, 1.82) is 0 Å². The summed E-state index contributed by atoms with van der Waals surface area (Å²) in [6.45, 7) is 7.75. The Morgan fingerprint density at radius 3 is 2.21 bits per heavy atom. The van der Waals surface area contributed by atoms with Gasteiger partial charge in [-0.15, -0.1) is 0 Å². The van der Waals surface area contributed by atoms with Gasteiger partial charge in [-0.3, -0.25) is 18.7 Å². The maximum Gasteiger partial charge on any atom is 0.330 e. The molecule has 3 N–H and O–H groups in total. The molecule has 13 heteroatoms. The van der Waals surface area contributed by atoms with E-state index in [1.807, 2.05) is 44.2 Å². The Morgan fingerprint density at radius 2 is 1.58 bits per heavy atom. The Labute approximate surface area is 312 Å². The Morgan fingerprint density at radius 1 is 0.885 bits per heavy atom. The number of nitrogens with zero attached hydrogens (tertiary/aromatic N) is 4. The monoisotopic (exact) mass is 743 g/mol. The number of carbonyl (C=O) groups excluding carboxylic acids is 1. The zero-order valence-corrected chi connectivity index (χ0v) is 31.8. The van der Waals surface area contributed by atoms with Crippen molar-refractivity contribution in [3.63, 3.8) is 0 Å². The third kappa shape index (κ3) is 6.80. The van der Waals surface area contributed by atoms with Gasteiger partial charge in [0.1, 0.15) is 11.2 Å². The summed E-state index contributed by atoms with van der Waals surface area (Å²) in [5, 5.41) is 10.6. The summed E-state index contributed by atoms with van der Waals surface area (Å²) in [5.74, 6) is 1.17. The molecule has 8 rings (SSSR count). The quantitative estimate of drug-likeness (QED) is 0.186. The molecular weight excluding hydrogens is 701 g/mol. The first kappa shape index (κ1) is 37.1. The number of aromatic nitrogens is 4. The van der Waals surface area contributed by atoms with Crippen molar-refractivity contribution in [3.05, 3.63) is 96.2 Å². The van der Waals surface area contributed by atoms with E-state index in [4.69, 9.17) is 32.9 Å². The van der Waals surface area contributed by atoms with Gasteiger partial charge in [0.05, 0.1) is 39.6 Å². The van der Waals surface area contributed by atoms with Crippen LogP contribution in [0.25, 0.3) is 33.3 Å². The van der Waals surface area contributed by atoms with Gasteiger partial charge in [0, 0.05) is 61.6 Å². The van der Waals surface area contributed by atoms with Crippen LogP contribution in [-0.4, -0.2) is 50.7 Å². The van der Waals surface area contributed by atoms with Crippen LogP contribution in [0, 0.1) is 6.92 Å². The Kier molecular flexibility index (Phi) is 10.8. The highest BCUT2D eigenvalue weighted by Gasteiger charge is 2.42. The molecule has 5 heterocycles. The summed E-state index contributed by atoms with van der Waals surface area (Å²) >= 11 is 14.0. The van der Waals surface area contributed by atoms with Crippen LogP contribution >= 0.6 is 23.2 Å². The molecule has 1 spiro atoms. The normalized spacial score (nSPS) is 15.2. The van der Waals surface area contributed by atoms with E-state index in [1.165, 1.54) is 17.2 Å². The maximum atomic E-state index is 13.1. The summed E-state index contributed by atoms with van der Waals surface area (Å²) in [6, 6.07) is 15.1. The Balaban J connectivity index is 0.000000361. The molecule has 3 aromatic heterocycles. The number of halogens is 2. The van der Waals surface area contributed by atoms with Gasteiger partial charge in [-0.2, -0.15) is 0 Å². The van der Waals surface area contributed by atoms with Crippen molar-refractivity contribution in [3.8, 4) is 28.3 Å². The molecule has 2 fully saturated rings. The number of benzene rings is 2. The van der Waals surface area contributed by atoms with Gasteiger partial charge in [0.15, 0.2) is 0 Å². The largest absolute Gasteiger partial charge is 0.481 e. The minimum absolute atomic E-state index is 0.178. The molecule has 0 saturated carbocycles. The molecule has 1 aliphatic carbocycles. The first-order valence-corrected chi connectivity index (χ1v) is 18.3. The van der Waals surface area contributed by atoms with E-state index >= 15 is 0 Å². The highest BCUT2D eigenvalue weighted by Crippen LogP contribution is 2.43. The van der Waals surface area contributed by atoms with Crippen LogP contribution in [0.2, 0.25) is 10.0 Å². The van der Waals surface area contributed by atoms with E-state index in [2.05, 4.69) is 27.0 Å². The van der Waals surface area contributed by atoms with E-state index in [0.29, 0.717) is 49.6 Å². The number of carbonyl (C=O) groups is 1. The smallest absolute Gasteiger partial charge is 0.330 e. The van der Waals surface area contributed by atoms with Gasteiger partial charge in [-0.05, 0) is 56.4 Å². The van der Waals surface area contributed by atoms with E-state index in [0.717, 1.165) is 72.1 Å². The lowest BCUT2D eigenvalue weighted by Gasteiger charge is -2.38. The van der Waals surface area contributed by atoms with Crippen LogP contribution in [0.3, 0.4) is 0 Å². The van der Waals surface area contributed by atoms with Crippen LogP contribution in [0.4, 0.5) is 11.5 Å². The SMILES string of the molecule is CC.COc1nc(-c2cccc(-c3cccc(Nc4nc(C)cc5c4c(=O)n(C)c(=O)n5C)c3Cl)c2Cl)cc2c1CCC2.O=C1CCC2(CNC2)N1. The number of nitrogens with one attached hydrogen (secondary N) is 3. The third-order valence-corrected chi connectivity index (χ3v) is 10.6. The second kappa shape index (κ2) is 15.1. The number of pyridine rings is 2. The van der Waals surface area contributed by atoms with E-state index in [9.17, 15) is 14.4 Å². The second-order valence-electron chi connectivity index (χ2n) is 13.1. The third-order valence-electron chi connectivity index (χ3n) is 9.80. The molecule has 5 aromatic rings. The Hall–Kier alpha value is -4.71. The number of amides is 1. The van der Waals surface area contributed by atoms with E-state index in [-0.39, 0.29) is 11.4 Å². The zero-order chi connectivity index (χ0) is 37.3. The van der Waals surface area contributed by atoms with Crippen molar-refractivity contribution >= 4 is 51.5 Å². The Bertz CT molecular complexity index is 2310. The van der Waals surface area contributed by atoms with E-state index < -0.39 is 11.2 Å². The van der Waals surface area contributed by atoms with Crippen molar-refractivity contribution in [2.24, 2.45) is 14.1 Å². The van der Waals surface area contributed by atoms with Crippen LogP contribution in [0.1, 0.15) is 49.9 Å². The van der Waals surface area contributed by atoms with Gasteiger partial charge < -0.3 is 20.7 Å². The molecule has 272 valence electrons. The van der Waals surface area contributed by atoms with Crippen LogP contribution in [-0.2, 0) is 31.7 Å². The van der Waals surface area contributed by atoms with Gasteiger partial charge in [-0.25, -0.2) is 14.8 Å². The fourth-order valence-corrected chi connectivity index (χ4v) is 7.62.